The van der Waals surface area contributed by atoms with Crippen molar-refractivity contribution in [3.05, 3.63) is 60.2 Å². The van der Waals surface area contributed by atoms with Crippen LogP contribution in [0.4, 0.5) is 0 Å². The first kappa shape index (κ1) is 13.8. The van der Waals surface area contributed by atoms with Crippen LogP contribution in [0.15, 0.2) is 54.6 Å². The normalized spacial score (nSPS) is 15.6. The zero-order valence-corrected chi connectivity index (χ0v) is 11.9. The van der Waals surface area contributed by atoms with Gasteiger partial charge in [0.15, 0.2) is 0 Å². The molecule has 0 saturated carbocycles. The van der Waals surface area contributed by atoms with Crippen molar-refractivity contribution in [3.8, 4) is 11.1 Å². The number of carbonyl (C=O) groups excluding carboxylic acids is 1. The Labute approximate surface area is 124 Å². The zero-order chi connectivity index (χ0) is 14.5. The highest BCUT2D eigenvalue weighted by atomic mass is 16.5. The molecule has 2 aromatic rings. The lowest BCUT2D eigenvalue weighted by atomic mass is 10.0. The van der Waals surface area contributed by atoms with Crippen molar-refractivity contribution in [2.45, 2.75) is 18.9 Å². The van der Waals surface area contributed by atoms with Crippen molar-refractivity contribution in [1.29, 1.82) is 0 Å². The molecular formula is C18H19NO2. The van der Waals surface area contributed by atoms with Crippen LogP contribution >= 0.6 is 0 Å². The monoisotopic (exact) mass is 281 g/mol. The van der Waals surface area contributed by atoms with Crippen LogP contribution in [0.5, 0.6) is 0 Å². The van der Waals surface area contributed by atoms with Crippen molar-refractivity contribution in [2.75, 3.05) is 13.2 Å². The van der Waals surface area contributed by atoms with E-state index >= 15 is 0 Å². The summed E-state index contributed by atoms with van der Waals surface area (Å²) in [6.45, 7) is 1.46. The molecule has 0 radical (unpaired) electrons. The van der Waals surface area contributed by atoms with E-state index in [0.29, 0.717) is 5.56 Å². The van der Waals surface area contributed by atoms with Gasteiger partial charge in [0.25, 0.3) is 5.91 Å². The van der Waals surface area contributed by atoms with Crippen LogP contribution in [0.1, 0.15) is 23.2 Å². The summed E-state index contributed by atoms with van der Waals surface area (Å²) in [5.74, 6) is -0.000295. The SMILES string of the molecule is O=C(NC1CCOCC1)c1cccc(-c2ccccc2)c1. The molecule has 1 amide bonds. The minimum Gasteiger partial charge on any atom is -0.381 e. The zero-order valence-electron chi connectivity index (χ0n) is 11.9. The molecule has 0 spiro atoms. The average Bonchev–Trinajstić information content (AvgIpc) is 2.57. The number of nitrogens with one attached hydrogen (secondary N) is 1. The van der Waals surface area contributed by atoms with Gasteiger partial charge in [-0.05, 0) is 36.1 Å². The largest absolute Gasteiger partial charge is 0.381 e. The summed E-state index contributed by atoms with van der Waals surface area (Å²) in [6, 6.07) is 18.1. The van der Waals surface area contributed by atoms with Crippen molar-refractivity contribution in [3.63, 3.8) is 0 Å². The highest BCUT2D eigenvalue weighted by Crippen LogP contribution is 2.20. The Morgan fingerprint density at radius 1 is 0.952 bits per heavy atom. The first-order valence-electron chi connectivity index (χ1n) is 7.37. The summed E-state index contributed by atoms with van der Waals surface area (Å²) in [5.41, 5.74) is 2.90. The van der Waals surface area contributed by atoms with Crippen LogP contribution in [-0.4, -0.2) is 25.2 Å². The van der Waals surface area contributed by atoms with Crippen molar-refractivity contribution in [1.82, 2.24) is 5.32 Å². The van der Waals surface area contributed by atoms with Gasteiger partial charge in [0.05, 0.1) is 0 Å². The van der Waals surface area contributed by atoms with E-state index in [1.54, 1.807) is 0 Å². The molecule has 0 aromatic heterocycles. The maximum Gasteiger partial charge on any atom is 0.251 e. The van der Waals surface area contributed by atoms with Crippen LogP contribution in [0, 0.1) is 0 Å². The molecule has 3 rings (SSSR count). The fourth-order valence-electron chi connectivity index (χ4n) is 2.58. The molecular weight excluding hydrogens is 262 g/mol. The quantitative estimate of drug-likeness (QED) is 0.937. The number of benzene rings is 2. The molecule has 3 heteroatoms. The van der Waals surface area contributed by atoms with E-state index in [1.807, 2.05) is 42.5 Å². The highest BCUT2D eigenvalue weighted by molar-refractivity contribution is 5.95. The summed E-state index contributed by atoms with van der Waals surface area (Å²) in [7, 11) is 0. The Kier molecular flexibility index (Phi) is 4.31. The van der Waals surface area contributed by atoms with Gasteiger partial charge in [-0.2, -0.15) is 0 Å². The fourth-order valence-corrected chi connectivity index (χ4v) is 2.58. The summed E-state index contributed by atoms with van der Waals surface area (Å²) in [6.07, 6.45) is 1.79. The molecule has 1 saturated heterocycles. The first-order chi connectivity index (χ1) is 10.3. The predicted molar refractivity (Wildman–Crippen MR) is 83.2 cm³/mol. The lowest BCUT2D eigenvalue weighted by Gasteiger charge is -2.23. The summed E-state index contributed by atoms with van der Waals surface area (Å²) < 4.78 is 5.31. The molecule has 108 valence electrons. The van der Waals surface area contributed by atoms with Gasteiger partial charge in [-0.3, -0.25) is 4.79 Å². The summed E-state index contributed by atoms with van der Waals surface area (Å²) in [4.78, 5) is 12.3. The van der Waals surface area contributed by atoms with Gasteiger partial charge in [-0.1, -0.05) is 42.5 Å². The molecule has 2 aromatic carbocycles. The Morgan fingerprint density at radius 2 is 1.67 bits per heavy atom. The lowest BCUT2D eigenvalue weighted by molar-refractivity contribution is 0.0696. The van der Waals surface area contributed by atoms with E-state index in [0.717, 1.165) is 37.2 Å². The van der Waals surface area contributed by atoms with Crippen LogP contribution in [0.2, 0.25) is 0 Å². The van der Waals surface area contributed by atoms with E-state index in [2.05, 4.69) is 17.4 Å². The second-order valence-corrected chi connectivity index (χ2v) is 5.31. The molecule has 3 nitrogen and oxygen atoms in total. The molecule has 1 N–H and O–H groups in total. The topological polar surface area (TPSA) is 38.3 Å². The third-order valence-corrected chi connectivity index (χ3v) is 3.79. The smallest absolute Gasteiger partial charge is 0.251 e. The van der Waals surface area contributed by atoms with E-state index in [-0.39, 0.29) is 11.9 Å². The predicted octanol–water partition coefficient (Wildman–Crippen LogP) is 3.26. The van der Waals surface area contributed by atoms with Crippen LogP contribution < -0.4 is 5.32 Å². The molecule has 1 aliphatic rings. The van der Waals surface area contributed by atoms with E-state index in [9.17, 15) is 4.79 Å². The lowest BCUT2D eigenvalue weighted by Crippen LogP contribution is -2.38. The fraction of sp³-hybridized carbons (Fsp3) is 0.278. The Hall–Kier alpha value is -2.13. The van der Waals surface area contributed by atoms with Gasteiger partial charge in [0, 0.05) is 24.8 Å². The third kappa shape index (κ3) is 3.50. The van der Waals surface area contributed by atoms with Gasteiger partial charge in [-0.15, -0.1) is 0 Å². The number of hydrogen-bond acceptors (Lipinski definition) is 2. The van der Waals surface area contributed by atoms with E-state index in [1.165, 1.54) is 0 Å². The Bertz CT molecular complexity index is 604. The molecule has 0 unspecified atom stereocenters. The Morgan fingerprint density at radius 3 is 2.43 bits per heavy atom. The molecule has 0 bridgehead atoms. The standard InChI is InChI=1S/C18H19NO2/c20-18(19-17-9-11-21-12-10-17)16-8-4-7-15(13-16)14-5-2-1-3-6-14/h1-8,13,17H,9-12H2,(H,19,20). The van der Waals surface area contributed by atoms with Gasteiger partial charge in [0.1, 0.15) is 0 Å². The third-order valence-electron chi connectivity index (χ3n) is 3.79. The molecule has 1 aliphatic heterocycles. The van der Waals surface area contributed by atoms with Gasteiger partial charge >= 0.3 is 0 Å². The van der Waals surface area contributed by atoms with Gasteiger partial charge in [0.2, 0.25) is 0 Å². The minimum atomic E-state index is -0.000295. The average molecular weight is 281 g/mol. The number of amides is 1. The summed E-state index contributed by atoms with van der Waals surface area (Å²) >= 11 is 0. The molecule has 0 atom stereocenters. The Balaban J connectivity index is 1.74. The van der Waals surface area contributed by atoms with Gasteiger partial charge < -0.3 is 10.1 Å². The second kappa shape index (κ2) is 6.55. The highest BCUT2D eigenvalue weighted by Gasteiger charge is 2.17. The number of rotatable bonds is 3. The first-order valence-corrected chi connectivity index (χ1v) is 7.37. The van der Waals surface area contributed by atoms with Crippen LogP contribution in [0.25, 0.3) is 11.1 Å². The maximum absolute atomic E-state index is 12.3. The molecule has 1 heterocycles. The van der Waals surface area contributed by atoms with E-state index < -0.39 is 0 Å². The van der Waals surface area contributed by atoms with Crippen molar-refractivity contribution >= 4 is 5.91 Å². The second-order valence-electron chi connectivity index (χ2n) is 5.31. The maximum atomic E-state index is 12.3. The number of carbonyl (C=O) groups is 1. The van der Waals surface area contributed by atoms with Gasteiger partial charge in [-0.25, -0.2) is 0 Å². The molecule has 21 heavy (non-hydrogen) atoms. The minimum absolute atomic E-state index is 0.000295. The van der Waals surface area contributed by atoms with Crippen molar-refractivity contribution < 1.29 is 9.53 Å². The van der Waals surface area contributed by atoms with Crippen LogP contribution in [-0.2, 0) is 4.74 Å². The van der Waals surface area contributed by atoms with E-state index in [4.69, 9.17) is 4.74 Å². The number of hydrogen-bond donors (Lipinski definition) is 1. The van der Waals surface area contributed by atoms with Crippen LogP contribution in [0.3, 0.4) is 0 Å². The van der Waals surface area contributed by atoms with Crippen molar-refractivity contribution in [2.24, 2.45) is 0 Å². The molecule has 0 aliphatic carbocycles. The molecule has 1 fully saturated rings. The number of ether oxygens (including phenoxy) is 1. The summed E-state index contributed by atoms with van der Waals surface area (Å²) in [5, 5.41) is 3.09.